The second-order valence-electron chi connectivity index (χ2n) is 4.92. The molecule has 1 saturated heterocycles. The molecule has 106 valence electrons. The van der Waals surface area contributed by atoms with Crippen LogP contribution in [0.2, 0.25) is 0 Å². The zero-order valence-electron chi connectivity index (χ0n) is 11.5. The summed E-state index contributed by atoms with van der Waals surface area (Å²) in [5.41, 5.74) is 1.15. The normalized spacial score (nSPS) is 18.4. The highest BCUT2D eigenvalue weighted by Crippen LogP contribution is 2.23. The lowest BCUT2D eigenvalue weighted by Crippen LogP contribution is -2.00. The van der Waals surface area contributed by atoms with Gasteiger partial charge in [0.1, 0.15) is 5.75 Å². The summed E-state index contributed by atoms with van der Waals surface area (Å²) in [4.78, 5) is 4.46. The van der Waals surface area contributed by atoms with Gasteiger partial charge in [-0.1, -0.05) is 23.4 Å². The maximum atomic E-state index is 5.34. The van der Waals surface area contributed by atoms with Crippen LogP contribution in [-0.2, 0) is 17.6 Å². The molecule has 1 aromatic carbocycles. The third kappa shape index (κ3) is 2.82. The maximum Gasteiger partial charge on any atom is 0.226 e. The van der Waals surface area contributed by atoms with Gasteiger partial charge in [0.2, 0.25) is 5.89 Å². The summed E-state index contributed by atoms with van der Waals surface area (Å²) in [5, 5.41) is 4.06. The van der Waals surface area contributed by atoms with E-state index in [4.69, 9.17) is 14.0 Å². The zero-order chi connectivity index (χ0) is 13.8. The van der Waals surface area contributed by atoms with Crippen LogP contribution in [0.4, 0.5) is 0 Å². The van der Waals surface area contributed by atoms with Crippen LogP contribution in [0.25, 0.3) is 0 Å². The van der Waals surface area contributed by atoms with Gasteiger partial charge >= 0.3 is 0 Å². The second-order valence-corrected chi connectivity index (χ2v) is 4.92. The van der Waals surface area contributed by atoms with E-state index in [9.17, 15) is 0 Å². The Kier molecular flexibility index (Phi) is 3.97. The SMILES string of the molecule is COc1ccccc1CCc1nc([C@@H]2CCOC2)no1. The van der Waals surface area contributed by atoms with Crippen molar-refractivity contribution < 1.29 is 14.0 Å². The van der Waals surface area contributed by atoms with Crippen molar-refractivity contribution in [1.82, 2.24) is 10.1 Å². The molecule has 5 nitrogen and oxygen atoms in total. The molecule has 5 heteroatoms. The van der Waals surface area contributed by atoms with Gasteiger partial charge in [-0.2, -0.15) is 4.98 Å². The molecule has 0 saturated carbocycles. The van der Waals surface area contributed by atoms with Crippen LogP contribution in [0.3, 0.4) is 0 Å². The Balaban J connectivity index is 1.63. The summed E-state index contributed by atoms with van der Waals surface area (Å²) in [6.45, 7) is 1.49. The molecule has 2 aromatic rings. The summed E-state index contributed by atoms with van der Waals surface area (Å²) >= 11 is 0. The molecule has 1 aliphatic heterocycles. The van der Waals surface area contributed by atoms with Crippen molar-refractivity contribution in [1.29, 1.82) is 0 Å². The molecule has 0 amide bonds. The van der Waals surface area contributed by atoms with Gasteiger partial charge in [-0.15, -0.1) is 0 Å². The number of para-hydroxylation sites is 1. The molecule has 1 aromatic heterocycles. The first-order chi connectivity index (χ1) is 9.86. The first kappa shape index (κ1) is 13.1. The predicted octanol–water partition coefficient (Wildman–Crippen LogP) is 2.37. The molecule has 3 rings (SSSR count). The Bertz CT molecular complexity index is 562. The molecule has 0 radical (unpaired) electrons. The van der Waals surface area contributed by atoms with Gasteiger partial charge in [0, 0.05) is 18.9 Å². The van der Waals surface area contributed by atoms with E-state index < -0.39 is 0 Å². The molecular formula is C15H18N2O3. The Morgan fingerprint density at radius 3 is 3.00 bits per heavy atom. The van der Waals surface area contributed by atoms with E-state index in [0.717, 1.165) is 43.0 Å². The van der Waals surface area contributed by atoms with Crippen LogP contribution < -0.4 is 4.74 Å². The minimum absolute atomic E-state index is 0.291. The Morgan fingerprint density at radius 1 is 1.30 bits per heavy atom. The summed E-state index contributed by atoms with van der Waals surface area (Å²) in [7, 11) is 1.68. The molecule has 2 heterocycles. The Labute approximate surface area is 117 Å². The molecule has 0 unspecified atom stereocenters. The number of aryl methyl sites for hydroxylation is 2. The van der Waals surface area contributed by atoms with Crippen molar-refractivity contribution in [2.75, 3.05) is 20.3 Å². The first-order valence-corrected chi connectivity index (χ1v) is 6.89. The minimum Gasteiger partial charge on any atom is -0.496 e. The molecule has 0 aliphatic carbocycles. The van der Waals surface area contributed by atoms with E-state index in [0.29, 0.717) is 18.4 Å². The molecule has 0 spiro atoms. The van der Waals surface area contributed by atoms with E-state index >= 15 is 0 Å². The van der Waals surface area contributed by atoms with E-state index in [1.54, 1.807) is 7.11 Å². The molecule has 1 atom stereocenters. The molecular weight excluding hydrogens is 256 g/mol. The highest BCUT2D eigenvalue weighted by Gasteiger charge is 2.23. The Morgan fingerprint density at radius 2 is 2.20 bits per heavy atom. The van der Waals surface area contributed by atoms with Crippen molar-refractivity contribution in [3.63, 3.8) is 0 Å². The van der Waals surface area contributed by atoms with Gasteiger partial charge in [0.05, 0.1) is 13.7 Å². The van der Waals surface area contributed by atoms with Crippen LogP contribution in [0, 0.1) is 0 Å². The van der Waals surface area contributed by atoms with Gasteiger partial charge in [0.25, 0.3) is 0 Å². The lowest BCUT2D eigenvalue weighted by atomic mass is 10.1. The quantitative estimate of drug-likeness (QED) is 0.837. The van der Waals surface area contributed by atoms with Gasteiger partial charge < -0.3 is 14.0 Å². The second kappa shape index (κ2) is 6.05. The third-order valence-electron chi connectivity index (χ3n) is 3.58. The summed E-state index contributed by atoms with van der Waals surface area (Å²) in [6, 6.07) is 7.99. The maximum absolute atomic E-state index is 5.34. The van der Waals surface area contributed by atoms with Crippen LogP contribution >= 0.6 is 0 Å². The summed E-state index contributed by atoms with van der Waals surface area (Å²) in [5.74, 6) is 2.64. The molecule has 20 heavy (non-hydrogen) atoms. The van der Waals surface area contributed by atoms with Gasteiger partial charge in [0.15, 0.2) is 5.82 Å². The fourth-order valence-electron chi connectivity index (χ4n) is 2.42. The van der Waals surface area contributed by atoms with Crippen LogP contribution in [-0.4, -0.2) is 30.5 Å². The number of methoxy groups -OCH3 is 1. The summed E-state index contributed by atoms with van der Waals surface area (Å²) < 4.78 is 16.0. The number of aromatic nitrogens is 2. The van der Waals surface area contributed by atoms with Crippen molar-refractivity contribution in [2.24, 2.45) is 0 Å². The highest BCUT2D eigenvalue weighted by atomic mass is 16.5. The zero-order valence-corrected chi connectivity index (χ0v) is 11.5. The summed E-state index contributed by atoms with van der Waals surface area (Å²) in [6.07, 6.45) is 2.53. The average molecular weight is 274 g/mol. The topological polar surface area (TPSA) is 57.4 Å². The van der Waals surface area contributed by atoms with Gasteiger partial charge in [-0.3, -0.25) is 0 Å². The fraction of sp³-hybridized carbons (Fsp3) is 0.467. The van der Waals surface area contributed by atoms with E-state index in [-0.39, 0.29) is 0 Å². The van der Waals surface area contributed by atoms with Crippen LogP contribution in [0.15, 0.2) is 28.8 Å². The molecule has 0 bridgehead atoms. The number of ether oxygens (including phenoxy) is 2. The lowest BCUT2D eigenvalue weighted by Gasteiger charge is -2.06. The lowest BCUT2D eigenvalue weighted by molar-refractivity contribution is 0.192. The van der Waals surface area contributed by atoms with Crippen LogP contribution in [0.1, 0.15) is 29.6 Å². The number of nitrogens with zero attached hydrogens (tertiary/aromatic N) is 2. The van der Waals surface area contributed by atoms with Gasteiger partial charge in [-0.05, 0) is 24.5 Å². The van der Waals surface area contributed by atoms with E-state index in [1.165, 1.54) is 0 Å². The number of hydrogen-bond donors (Lipinski definition) is 0. The van der Waals surface area contributed by atoms with E-state index in [1.807, 2.05) is 18.2 Å². The minimum atomic E-state index is 0.291. The number of rotatable bonds is 5. The third-order valence-corrected chi connectivity index (χ3v) is 3.58. The standard InChI is InChI=1S/C15H18N2O3/c1-18-13-5-3-2-4-11(13)6-7-14-16-15(17-20-14)12-8-9-19-10-12/h2-5,12H,6-10H2,1H3/t12-/m1/s1. The molecule has 1 aliphatic rings. The van der Waals surface area contributed by atoms with Crippen molar-refractivity contribution >= 4 is 0 Å². The average Bonchev–Trinajstić information content (AvgIpc) is 3.16. The smallest absolute Gasteiger partial charge is 0.226 e. The first-order valence-electron chi connectivity index (χ1n) is 6.89. The number of benzene rings is 1. The van der Waals surface area contributed by atoms with Crippen molar-refractivity contribution in [3.05, 3.63) is 41.5 Å². The fourth-order valence-corrected chi connectivity index (χ4v) is 2.42. The number of hydrogen-bond acceptors (Lipinski definition) is 5. The van der Waals surface area contributed by atoms with Crippen LogP contribution in [0.5, 0.6) is 5.75 Å². The molecule has 1 fully saturated rings. The highest BCUT2D eigenvalue weighted by molar-refractivity contribution is 5.33. The predicted molar refractivity (Wildman–Crippen MR) is 72.9 cm³/mol. The molecule has 0 N–H and O–H groups in total. The van der Waals surface area contributed by atoms with E-state index in [2.05, 4.69) is 16.2 Å². The largest absolute Gasteiger partial charge is 0.496 e. The van der Waals surface area contributed by atoms with Crippen molar-refractivity contribution in [2.45, 2.75) is 25.2 Å². The van der Waals surface area contributed by atoms with Crippen molar-refractivity contribution in [3.8, 4) is 5.75 Å². The monoisotopic (exact) mass is 274 g/mol. The van der Waals surface area contributed by atoms with Gasteiger partial charge in [-0.25, -0.2) is 0 Å². The Hall–Kier alpha value is -1.88.